The molecule has 0 bridgehead atoms. The number of halogens is 1. The number of hydrogen-bond acceptors (Lipinski definition) is 4. The number of nitrogens with zero attached hydrogens (tertiary/aromatic N) is 2. The standard InChI is InChI=1S/C14H12BrN3O4/c1-9-2-7-12(18(21)22)14(20)17(9)8-13(19)16-11-5-3-10(15)4-6-11/h2-7H,8H2,1H3,(H,16,19). The van der Waals surface area contributed by atoms with Crippen molar-refractivity contribution in [3.8, 4) is 0 Å². The molecule has 0 aliphatic rings. The molecule has 22 heavy (non-hydrogen) atoms. The first-order valence-corrected chi connectivity index (χ1v) is 7.08. The number of rotatable bonds is 4. The van der Waals surface area contributed by atoms with Crippen LogP contribution in [0.3, 0.4) is 0 Å². The number of pyridine rings is 1. The number of carbonyl (C=O) groups excluding carboxylic acids is 1. The molecular weight excluding hydrogens is 354 g/mol. The van der Waals surface area contributed by atoms with Crippen LogP contribution in [-0.2, 0) is 11.3 Å². The van der Waals surface area contributed by atoms with E-state index in [0.29, 0.717) is 11.4 Å². The van der Waals surface area contributed by atoms with Gasteiger partial charge in [-0.1, -0.05) is 15.9 Å². The van der Waals surface area contributed by atoms with Gasteiger partial charge < -0.3 is 5.32 Å². The SMILES string of the molecule is Cc1ccc([N+](=O)[O-])c(=O)n1CC(=O)Nc1ccc(Br)cc1. The third kappa shape index (κ3) is 3.59. The first-order chi connectivity index (χ1) is 10.4. The van der Waals surface area contributed by atoms with Crippen LogP contribution < -0.4 is 10.9 Å². The van der Waals surface area contributed by atoms with Crippen molar-refractivity contribution in [3.05, 3.63) is 67.0 Å². The highest BCUT2D eigenvalue weighted by Gasteiger charge is 2.17. The van der Waals surface area contributed by atoms with E-state index >= 15 is 0 Å². The molecular formula is C14H12BrN3O4. The lowest BCUT2D eigenvalue weighted by Crippen LogP contribution is -2.30. The zero-order valence-corrected chi connectivity index (χ0v) is 13.2. The number of nitro groups is 1. The van der Waals surface area contributed by atoms with Crippen LogP contribution in [0.15, 0.2) is 45.7 Å². The number of aromatic nitrogens is 1. The molecule has 0 saturated carbocycles. The molecule has 8 heteroatoms. The highest BCUT2D eigenvalue weighted by molar-refractivity contribution is 9.10. The van der Waals surface area contributed by atoms with E-state index in [4.69, 9.17) is 0 Å². The fraction of sp³-hybridized carbons (Fsp3) is 0.143. The first kappa shape index (κ1) is 15.9. The fourth-order valence-electron chi connectivity index (χ4n) is 1.87. The zero-order valence-electron chi connectivity index (χ0n) is 11.6. The quantitative estimate of drug-likeness (QED) is 0.664. The van der Waals surface area contributed by atoms with Crippen LogP contribution in [0.4, 0.5) is 11.4 Å². The van der Waals surface area contributed by atoms with E-state index in [1.807, 2.05) is 0 Å². The van der Waals surface area contributed by atoms with Crippen molar-refractivity contribution in [1.29, 1.82) is 0 Å². The van der Waals surface area contributed by atoms with Gasteiger partial charge in [-0.3, -0.25) is 24.3 Å². The second-order valence-corrected chi connectivity index (χ2v) is 5.48. The van der Waals surface area contributed by atoms with Crippen LogP contribution in [0.2, 0.25) is 0 Å². The summed E-state index contributed by atoms with van der Waals surface area (Å²) >= 11 is 3.28. The van der Waals surface area contributed by atoms with Crippen LogP contribution in [0, 0.1) is 17.0 Å². The monoisotopic (exact) mass is 365 g/mol. The highest BCUT2D eigenvalue weighted by Crippen LogP contribution is 2.14. The minimum Gasteiger partial charge on any atom is -0.325 e. The second-order valence-electron chi connectivity index (χ2n) is 4.56. The number of benzene rings is 1. The normalized spacial score (nSPS) is 10.3. The Labute approximate surface area is 133 Å². The van der Waals surface area contributed by atoms with Gasteiger partial charge in [0.25, 0.3) is 0 Å². The summed E-state index contributed by atoms with van der Waals surface area (Å²) in [6, 6.07) is 9.50. The van der Waals surface area contributed by atoms with E-state index in [2.05, 4.69) is 21.2 Å². The number of amides is 1. The van der Waals surface area contributed by atoms with Gasteiger partial charge in [0.2, 0.25) is 5.91 Å². The van der Waals surface area contributed by atoms with Crippen molar-refractivity contribution >= 4 is 33.2 Å². The molecule has 0 aliphatic carbocycles. The third-order valence-electron chi connectivity index (χ3n) is 3.00. The van der Waals surface area contributed by atoms with E-state index in [-0.39, 0.29) is 6.54 Å². The molecule has 7 nitrogen and oxygen atoms in total. The van der Waals surface area contributed by atoms with Crippen molar-refractivity contribution in [3.63, 3.8) is 0 Å². The van der Waals surface area contributed by atoms with Crippen LogP contribution in [-0.4, -0.2) is 15.4 Å². The molecule has 1 amide bonds. The number of hydrogen-bond donors (Lipinski definition) is 1. The average molecular weight is 366 g/mol. The summed E-state index contributed by atoms with van der Waals surface area (Å²) in [4.78, 5) is 34.0. The lowest BCUT2D eigenvalue weighted by atomic mass is 10.3. The second kappa shape index (κ2) is 6.52. The summed E-state index contributed by atoms with van der Waals surface area (Å²) in [6.07, 6.45) is 0. The van der Waals surface area contributed by atoms with Crippen LogP contribution in [0.1, 0.15) is 5.69 Å². The van der Waals surface area contributed by atoms with E-state index in [0.717, 1.165) is 15.1 Å². The van der Waals surface area contributed by atoms with Gasteiger partial charge in [0.05, 0.1) is 4.92 Å². The average Bonchev–Trinajstić information content (AvgIpc) is 2.45. The summed E-state index contributed by atoms with van der Waals surface area (Å²) in [6.45, 7) is 1.32. The maximum atomic E-state index is 12.0. The molecule has 1 heterocycles. The molecule has 0 fully saturated rings. The summed E-state index contributed by atoms with van der Waals surface area (Å²) in [5.74, 6) is -0.437. The molecule has 114 valence electrons. The number of nitrogens with one attached hydrogen (secondary N) is 1. The van der Waals surface area contributed by atoms with E-state index in [9.17, 15) is 19.7 Å². The Morgan fingerprint density at radius 2 is 1.91 bits per heavy atom. The molecule has 0 saturated heterocycles. The minimum absolute atomic E-state index is 0.289. The molecule has 1 N–H and O–H groups in total. The predicted octanol–water partition coefficient (Wildman–Crippen LogP) is 2.47. The molecule has 1 aromatic carbocycles. The number of aryl methyl sites for hydroxylation is 1. The Morgan fingerprint density at radius 1 is 1.27 bits per heavy atom. The van der Waals surface area contributed by atoms with Gasteiger partial charge in [-0.05, 0) is 37.3 Å². The number of anilines is 1. The molecule has 1 aromatic heterocycles. The van der Waals surface area contributed by atoms with Crippen LogP contribution in [0.25, 0.3) is 0 Å². The van der Waals surface area contributed by atoms with Crippen molar-refractivity contribution in [2.75, 3.05) is 5.32 Å². The molecule has 0 unspecified atom stereocenters. The van der Waals surface area contributed by atoms with Crippen molar-refractivity contribution in [1.82, 2.24) is 4.57 Å². The van der Waals surface area contributed by atoms with Gasteiger partial charge in [-0.15, -0.1) is 0 Å². The molecule has 2 aromatic rings. The Balaban J connectivity index is 2.21. The lowest BCUT2D eigenvalue weighted by Gasteiger charge is -2.10. The summed E-state index contributed by atoms with van der Waals surface area (Å²) in [7, 11) is 0. The van der Waals surface area contributed by atoms with Crippen molar-refractivity contribution in [2.45, 2.75) is 13.5 Å². The Morgan fingerprint density at radius 3 is 2.50 bits per heavy atom. The van der Waals surface area contributed by atoms with Gasteiger partial charge >= 0.3 is 11.2 Å². The van der Waals surface area contributed by atoms with Gasteiger partial charge in [0.15, 0.2) is 0 Å². The van der Waals surface area contributed by atoms with Gasteiger partial charge in [0, 0.05) is 21.9 Å². The van der Waals surface area contributed by atoms with Crippen LogP contribution in [0.5, 0.6) is 0 Å². The maximum absolute atomic E-state index is 12.0. The fourth-order valence-corrected chi connectivity index (χ4v) is 2.14. The molecule has 0 spiro atoms. The predicted molar refractivity (Wildman–Crippen MR) is 84.9 cm³/mol. The minimum atomic E-state index is -0.795. The van der Waals surface area contributed by atoms with E-state index in [1.54, 1.807) is 31.2 Å². The largest absolute Gasteiger partial charge is 0.334 e. The lowest BCUT2D eigenvalue weighted by molar-refractivity contribution is -0.386. The Kier molecular flexibility index (Phi) is 4.71. The zero-order chi connectivity index (χ0) is 16.3. The smallest absolute Gasteiger partial charge is 0.325 e. The van der Waals surface area contributed by atoms with Gasteiger partial charge in [-0.25, -0.2) is 0 Å². The van der Waals surface area contributed by atoms with Crippen LogP contribution >= 0.6 is 15.9 Å². The molecule has 0 radical (unpaired) electrons. The summed E-state index contributed by atoms with van der Waals surface area (Å²) < 4.78 is 1.95. The molecule has 0 aliphatic heterocycles. The maximum Gasteiger partial charge on any atom is 0.334 e. The van der Waals surface area contributed by atoms with E-state index < -0.39 is 22.1 Å². The molecule has 0 atom stereocenters. The van der Waals surface area contributed by atoms with Gasteiger partial charge in [0.1, 0.15) is 6.54 Å². The Hall–Kier alpha value is -2.48. The molecule has 2 rings (SSSR count). The van der Waals surface area contributed by atoms with E-state index in [1.165, 1.54) is 6.07 Å². The Bertz CT molecular complexity index is 784. The topological polar surface area (TPSA) is 94.2 Å². The van der Waals surface area contributed by atoms with Crippen molar-refractivity contribution in [2.24, 2.45) is 0 Å². The van der Waals surface area contributed by atoms with Crippen molar-refractivity contribution < 1.29 is 9.72 Å². The number of carbonyl (C=O) groups is 1. The summed E-state index contributed by atoms with van der Waals surface area (Å²) in [5, 5.41) is 13.4. The van der Waals surface area contributed by atoms with Gasteiger partial charge in [-0.2, -0.15) is 0 Å². The first-order valence-electron chi connectivity index (χ1n) is 6.29. The third-order valence-corrected chi connectivity index (χ3v) is 3.53. The highest BCUT2D eigenvalue weighted by atomic mass is 79.9. The summed E-state index contributed by atoms with van der Waals surface area (Å²) in [5.41, 5.74) is -0.302.